The molecule has 1 saturated carbocycles. The van der Waals surface area contributed by atoms with E-state index >= 15 is 0 Å². The first kappa shape index (κ1) is 10.2. The largest absolute Gasteiger partial charge is 0.250 e. The Morgan fingerprint density at radius 2 is 1.90 bits per heavy atom. The SMILES string of the molecule is C[C@H]1CCCCC1(F)F.S. The smallest absolute Gasteiger partial charge is 0.207 e. The summed E-state index contributed by atoms with van der Waals surface area (Å²) in [5.74, 6) is -2.75. The molecule has 0 amide bonds. The molecule has 0 unspecified atom stereocenters. The molecule has 1 aliphatic rings. The summed E-state index contributed by atoms with van der Waals surface area (Å²) in [5.41, 5.74) is 0. The van der Waals surface area contributed by atoms with Crippen LogP contribution in [0.5, 0.6) is 0 Å². The fraction of sp³-hybridized carbons (Fsp3) is 1.00. The van der Waals surface area contributed by atoms with Crippen molar-refractivity contribution in [3.8, 4) is 0 Å². The average Bonchev–Trinajstić information content (AvgIpc) is 1.77. The van der Waals surface area contributed by atoms with Crippen LogP contribution in [0.2, 0.25) is 0 Å². The lowest BCUT2D eigenvalue weighted by molar-refractivity contribution is -0.0783. The summed E-state index contributed by atoms with van der Waals surface area (Å²) >= 11 is 0. The van der Waals surface area contributed by atoms with Crippen LogP contribution in [0.25, 0.3) is 0 Å². The monoisotopic (exact) mass is 168 g/mol. The molecule has 0 aromatic carbocycles. The molecule has 1 atom stereocenters. The summed E-state index contributed by atoms with van der Waals surface area (Å²) in [6.45, 7) is 1.64. The van der Waals surface area contributed by atoms with Gasteiger partial charge in [0.15, 0.2) is 0 Å². The van der Waals surface area contributed by atoms with Crippen molar-refractivity contribution in [3.63, 3.8) is 0 Å². The summed E-state index contributed by atoms with van der Waals surface area (Å²) in [6, 6.07) is 0. The van der Waals surface area contributed by atoms with Crippen LogP contribution in [0.1, 0.15) is 32.6 Å². The second-order valence-electron chi connectivity index (χ2n) is 2.91. The molecule has 0 bridgehead atoms. The Labute approximate surface area is 67.4 Å². The Bertz CT molecular complexity index is 104. The van der Waals surface area contributed by atoms with Crippen LogP contribution in [-0.2, 0) is 0 Å². The van der Waals surface area contributed by atoms with E-state index in [1.54, 1.807) is 6.92 Å². The van der Waals surface area contributed by atoms with Gasteiger partial charge in [-0.15, -0.1) is 0 Å². The Hall–Kier alpha value is 0.210. The maximum absolute atomic E-state index is 12.6. The van der Waals surface area contributed by atoms with Crippen LogP contribution in [0.4, 0.5) is 8.78 Å². The van der Waals surface area contributed by atoms with Crippen molar-refractivity contribution in [1.82, 2.24) is 0 Å². The molecule has 0 aliphatic heterocycles. The molecule has 0 saturated heterocycles. The summed E-state index contributed by atoms with van der Waals surface area (Å²) in [7, 11) is 0. The number of hydrogen-bond donors (Lipinski definition) is 0. The lowest BCUT2D eigenvalue weighted by Gasteiger charge is -2.27. The van der Waals surface area contributed by atoms with Gasteiger partial charge in [-0.05, 0) is 12.8 Å². The van der Waals surface area contributed by atoms with Crippen molar-refractivity contribution in [3.05, 3.63) is 0 Å². The number of alkyl halides is 2. The molecule has 10 heavy (non-hydrogen) atoms. The van der Waals surface area contributed by atoms with Crippen LogP contribution in [0.15, 0.2) is 0 Å². The van der Waals surface area contributed by atoms with E-state index in [9.17, 15) is 8.78 Å². The van der Waals surface area contributed by atoms with Gasteiger partial charge in [0.1, 0.15) is 0 Å². The van der Waals surface area contributed by atoms with E-state index in [4.69, 9.17) is 0 Å². The normalized spacial score (nSPS) is 30.9. The summed E-state index contributed by atoms with van der Waals surface area (Å²) in [4.78, 5) is 0. The van der Waals surface area contributed by atoms with Crippen molar-refractivity contribution in [2.75, 3.05) is 0 Å². The predicted molar refractivity (Wildman–Crippen MR) is 43.0 cm³/mol. The van der Waals surface area contributed by atoms with Gasteiger partial charge in [0.25, 0.3) is 5.92 Å². The number of rotatable bonds is 0. The zero-order valence-corrected chi connectivity index (χ0v) is 7.16. The molecule has 62 valence electrons. The molecule has 0 spiro atoms. The number of hydrogen-bond acceptors (Lipinski definition) is 0. The van der Waals surface area contributed by atoms with E-state index < -0.39 is 5.92 Å². The quantitative estimate of drug-likeness (QED) is 0.521. The maximum Gasteiger partial charge on any atom is 0.250 e. The van der Waals surface area contributed by atoms with Gasteiger partial charge in [0.05, 0.1) is 0 Å². The Kier molecular flexibility index (Phi) is 3.63. The molecule has 0 heterocycles. The molecule has 0 radical (unpaired) electrons. The van der Waals surface area contributed by atoms with E-state index in [0.717, 1.165) is 6.42 Å². The zero-order valence-electron chi connectivity index (χ0n) is 6.16. The van der Waals surface area contributed by atoms with Crippen LogP contribution >= 0.6 is 13.5 Å². The molecule has 0 N–H and O–H groups in total. The minimum Gasteiger partial charge on any atom is -0.207 e. The molecule has 0 nitrogen and oxygen atoms in total. The summed E-state index contributed by atoms with van der Waals surface area (Å²) in [6.07, 6.45) is 2.50. The molecule has 1 rings (SSSR count). The van der Waals surface area contributed by atoms with Crippen molar-refractivity contribution < 1.29 is 8.78 Å². The Morgan fingerprint density at radius 1 is 1.30 bits per heavy atom. The maximum atomic E-state index is 12.6. The third kappa shape index (κ3) is 2.11. The van der Waals surface area contributed by atoms with E-state index in [2.05, 4.69) is 0 Å². The van der Waals surface area contributed by atoms with Crippen LogP contribution < -0.4 is 0 Å². The van der Waals surface area contributed by atoms with Gasteiger partial charge in [0.2, 0.25) is 0 Å². The third-order valence-electron chi connectivity index (χ3n) is 2.12. The minimum absolute atomic E-state index is 0. The highest BCUT2D eigenvalue weighted by molar-refractivity contribution is 7.59. The number of halogens is 2. The summed E-state index contributed by atoms with van der Waals surface area (Å²) in [5, 5.41) is 0. The highest BCUT2D eigenvalue weighted by atomic mass is 32.1. The van der Waals surface area contributed by atoms with Crippen molar-refractivity contribution in [2.24, 2.45) is 5.92 Å². The standard InChI is InChI=1S/C7H12F2.H2S/c1-6-4-2-3-5-7(6,8)9;/h6H,2-5H2,1H3;1H2/t6-;/m0./s1. The summed E-state index contributed by atoms with van der Waals surface area (Å²) < 4.78 is 25.2. The lowest BCUT2D eigenvalue weighted by Crippen LogP contribution is -2.29. The molecule has 0 aromatic rings. The molecule has 1 aliphatic carbocycles. The first-order valence-electron chi connectivity index (χ1n) is 3.51. The van der Waals surface area contributed by atoms with Crippen LogP contribution in [-0.4, -0.2) is 5.92 Å². The third-order valence-corrected chi connectivity index (χ3v) is 2.12. The van der Waals surface area contributed by atoms with Crippen molar-refractivity contribution in [2.45, 2.75) is 38.5 Å². The van der Waals surface area contributed by atoms with Gasteiger partial charge in [0, 0.05) is 12.3 Å². The lowest BCUT2D eigenvalue weighted by atomic mass is 9.87. The van der Waals surface area contributed by atoms with Gasteiger partial charge >= 0.3 is 0 Å². The Morgan fingerprint density at radius 3 is 2.20 bits per heavy atom. The van der Waals surface area contributed by atoms with E-state index in [-0.39, 0.29) is 25.8 Å². The van der Waals surface area contributed by atoms with Crippen LogP contribution in [0.3, 0.4) is 0 Å². The fourth-order valence-electron chi connectivity index (χ4n) is 1.27. The van der Waals surface area contributed by atoms with Gasteiger partial charge in [-0.2, -0.15) is 13.5 Å². The van der Waals surface area contributed by atoms with Gasteiger partial charge in [-0.1, -0.05) is 13.3 Å². The fourth-order valence-corrected chi connectivity index (χ4v) is 1.27. The van der Waals surface area contributed by atoms with E-state index in [1.807, 2.05) is 0 Å². The molecule has 0 aromatic heterocycles. The molecular weight excluding hydrogens is 154 g/mol. The van der Waals surface area contributed by atoms with Gasteiger partial charge < -0.3 is 0 Å². The van der Waals surface area contributed by atoms with E-state index in [1.165, 1.54) is 0 Å². The topological polar surface area (TPSA) is 0 Å². The van der Waals surface area contributed by atoms with Crippen molar-refractivity contribution >= 4 is 13.5 Å². The average molecular weight is 168 g/mol. The first-order valence-corrected chi connectivity index (χ1v) is 3.51. The minimum atomic E-state index is -2.36. The van der Waals surface area contributed by atoms with Crippen LogP contribution in [0, 0.1) is 5.92 Å². The Balaban J connectivity index is 0.000000810. The second kappa shape index (κ2) is 3.56. The van der Waals surface area contributed by atoms with Gasteiger partial charge in [-0.25, -0.2) is 8.78 Å². The molecule has 1 fully saturated rings. The second-order valence-corrected chi connectivity index (χ2v) is 2.91. The predicted octanol–water partition coefficient (Wildman–Crippen LogP) is 2.94. The van der Waals surface area contributed by atoms with E-state index in [0.29, 0.717) is 12.8 Å². The molecular formula is C7H14F2S. The first-order chi connectivity index (χ1) is 4.13. The highest BCUT2D eigenvalue weighted by Gasteiger charge is 2.37. The highest BCUT2D eigenvalue weighted by Crippen LogP contribution is 2.37. The molecule has 3 heteroatoms. The zero-order chi connectivity index (χ0) is 6.91. The van der Waals surface area contributed by atoms with Crippen molar-refractivity contribution in [1.29, 1.82) is 0 Å². The van der Waals surface area contributed by atoms with Gasteiger partial charge in [-0.3, -0.25) is 0 Å².